The summed E-state index contributed by atoms with van der Waals surface area (Å²) in [4.78, 5) is 84.2. The lowest BCUT2D eigenvalue weighted by Gasteiger charge is -2.39. The molecule has 61 heavy (non-hydrogen) atoms. The van der Waals surface area contributed by atoms with E-state index in [4.69, 9.17) is 20.3 Å². The van der Waals surface area contributed by atoms with Gasteiger partial charge in [-0.05, 0) is 87.0 Å². The van der Waals surface area contributed by atoms with Gasteiger partial charge in [0.15, 0.2) is 0 Å². The van der Waals surface area contributed by atoms with Gasteiger partial charge < -0.3 is 50.5 Å². The van der Waals surface area contributed by atoms with Crippen LogP contribution in [0.25, 0.3) is 0 Å². The van der Waals surface area contributed by atoms with Gasteiger partial charge in [0.1, 0.15) is 30.0 Å². The van der Waals surface area contributed by atoms with Crippen molar-refractivity contribution in [1.29, 1.82) is 0 Å². The molecule has 0 unspecified atom stereocenters. The SMILES string of the molecule is CC[C@H](C)[C@@H](C(=O)N1CCC[C@H]1C(=O)O[C@@H](C[C@@H](C)C[C@H](O)[C@H](C)C(=O)N[C@@H](/C=C(\C)C(=O)O)CO)C(C)(C)C)N(C)C(=O)[C@H](C)N(C)C(=O)[C@@H](N)Cc1ccc(OC)cc1. The van der Waals surface area contributed by atoms with E-state index < -0.39 is 90.0 Å². The van der Waals surface area contributed by atoms with Crippen molar-refractivity contribution >= 4 is 35.6 Å². The highest BCUT2D eigenvalue weighted by molar-refractivity contribution is 5.94. The molecule has 1 saturated heterocycles. The lowest BCUT2D eigenvalue weighted by molar-refractivity contribution is -0.166. The van der Waals surface area contributed by atoms with Crippen molar-refractivity contribution < 1.29 is 53.6 Å². The first-order valence-corrected chi connectivity index (χ1v) is 21.3. The van der Waals surface area contributed by atoms with Gasteiger partial charge >= 0.3 is 11.9 Å². The van der Waals surface area contributed by atoms with Crippen molar-refractivity contribution in [2.24, 2.45) is 28.9 Å². The Morgan fingerprint density at radius 2 is 1.61 bits per heavy atom. The summed E-state index contributed by atoms with van der Waals surface area (Å²) < 4.78 is 11.4. The standard InChI is InChI=1S/C45H73N5O11/c1-13-27(3)38(49(11)40(54)30(6)48(10)41(55)34(46)24-31-16-18-33(60-12)19-17-31)42(56)50-20-14-15-35(50)44(59)61-37(45(7,8)9)22-26(2)21-36(52)29(5)39(53)47-32(25-51)23-28(4)43(57)58/h16-19,23,26-27,29-30,32,34-38,51-52H,13-15,20-22,24-25,46H2,1-12H3,(H,47,53)(H,57,58)/b28-23+/t26-,27-,29-,30-,32-,34-,35-,36-,37-,38-/m0/s1. The van der Waals surface area contributed by atoms with E-state index in [0.29, 0.717) is 38.0 Å². The molecule has 6 N–H and O–H groups in total. The molecule has 4 amide bonds. The molecule has 10 atom stereocenters. The zero-order valence-electron chi connectivity index (χ0n) is 38.3. The average molecular weight is 860 g/mol. The van der Waals surface area contributed by atoms with Crippen LogP contribution in [0, 0.1) is 23.2 Å². The zero-order valence-corrected chi connectivity index (χ0v) is 38.3. The Hall–Kier alpha value is -4.54. The number of carbonyl (C=O) groups is 6. The number of likely N-dealkylation sites (tertiary alicyclic amines) is 1. The number of likely N-dealkylation sites (N-methyl/N-ethyl adjacent to an activating group) is 2. The van der Waals surface area contributed by atoms with Crippen LogP contribution in [-0.2, 0) is 39.9 Å². The normalized spacial score (nSPS) is 19.0. The molecular formula is C45H73N5O11. The van der Waals surface area contributed by atoms with Crippen LogP contribution >= 0.6 is 0 Å². The number of esters is 1. The molecule has 16 nitrogen and oxygen atoms in total. The Morgan fingerprint density at radius 1 is 1.00 bits per heavy atom. The minimum Gasteiger partial charge on any atom is -0.497 e. The smallest absolute Gasteiger partial charge is 0.331 e. The summed E-state index contributed by atoms with van der Waals surface area (Å²) in [5.41, 5.74) is 6.57. The molecule has 0 aromatic heterocycles. The largest absolute Gasteiger partial charge is 0.497 e. The number of amides is 4. The molecule has 0 spiro atoms. The predicted octanol–water partition coefficient (Wildman–Crippen LogP) is 3.16. The third-order valence-electron chi connectivity index (χ3n) is 12.0. The molecule has 344 valence electrons. The number of methoxy groups -OCH3 is 1. The third-order valence-corrected chi connectivity index (χ3v) is 12.0. The Kier molecular flexibility index (Phi) is 20.4. The first kappa shape index (κ1) is 52.6. The molecule has 0 bridgehead atoms. The van der Waals surface area contributed by atoms with Gasteiger partial charge in [-0.25, -0.2) is 9.59 Å². The fraction of sp³-hybridized carbons (Fsp3) is 0.689. The van der Waals surface area contributed by atoms with Crippen LogP contribution in [0.15, 0.2) is 35.9 Å². The Bertz CT molecular complexity index is 1680. The predicted molar refractivity (Wildman–Crippen MR) is 231 cm³/mol. The number of nitrogens with zero attached hydrogens (tertiary/aromatic N) is 3. The van der Waals surface area contributed by atoms with E-state index in [2.05, 4.69) is 5.32 Å². The highest BCUT2D eigenvalue weighted by atomic mass is 16.5. The van der Waals surface area contributed by atoms with Crippen LogP contribution in [0.3, 0.4) is 0 Å². The summed E-state index contributed by atoms with van der Waals surface area (Å²) in [6.07, 6.45) is 1.81. The maximum absolute atomic E-state index is 14.5. The van der Waals surface area contributed by atoms with Crippen LogP contribution in [0.2, 0.25) is 0 Å². The van der Waals surface area contributed by atoms with Gasteiger partial charge in [-0.15, -0.1) is 0 Å². The van der Waals surface area contributed by atoms with Gasteiger partial charge in [-0.1, -0.05) is 67.0 Å². The van der Waals surface area contributed by atoms with Crippen molar-refractivity contribution in [2.75, 3.05) is 34.4 Å². The average Bonchev–Trinajstić information content (AvgIpc) is 3.71. The van der Waals surface area contributed by atoms with Crippen LogP contribution in [-0.4, -0.2) is 142 Å². The number of rotatable bonds is 22. The van der Waals surface area contributed by atoms with E-state index in [0.717, 1.165) is 5.56 Å². The van der Waals surface area contributed by atoms with Gasteiger partial charge in [0.05, 0.1) is 37.8 Å². The number of carboxylic acid groups (broad SMARTS) is 1. The molecule has 0 saturated carbocycles. The Balaban J connectivity index is 2.17. The number of aliphatic carboxylic acids is 1. The molecule has 16 heteroatoms. The quantitative estimate of drug-likeness (QED) is 0.0837. The topological polar surface area (TPSA) is 229 Å². The summed E-state index contributed by atoms with van der Waals surface area (Å²) >= 11 is 0. The first-order chi connectivity index (χ1) is 28.4. The number of benzene rings is 1. The van der Waals surface area contributed by atoms with Crippen LogP contribution in [0.4, 0.5) is 0 Å². The van der Waals surface area contributed by atoms with Crippen LogP contribution in [0.1, 0.15) is 100.0 Å². The number of aliphatic hydroxyl groups excluding tert-OH is 2. The zero-order chi connectivity index (χ0) is 46.5. The van der Waals surface area contributed by atoms with Crippen LogP contribution in [0.5, 0.6) is 5.75 Å². The Labute approximate surface area is 362 Å². The molecule has 1 aliphatic heterocycles. The minimum atomic E-state index is -1.18. The van der Waals surface area contributed by atoms with E-state index in [1.807, 2.05) is 53.7 Å². The van der Waals surface area contributed by atoms with Gasteiger partial charge in [0, 0.05) is 26.2 Å². The van der Waals surface area contributed by atoms with Gasteiger partial charge in [-0.3, -0.25) is 19.2 Å². The Morgan fingerprint density at radius 3 is 2.13 bits per heavy atom. The van der Waals surface area contributed by atoms with E-state index in [1.165, 1.54) is 34.7 Å². The number of nitrogens with two attached hydrogens (primary N) is 1. The van der Waals surface area contributed by atoms with Crippen molar-refractivity contribution in [3.63, 3.8) is 0 Å². The molecule has 2 rings (SSSR count). The molecule has 1 aliphatic rings. The second-order valence-electron chi connectivity index (χ2n) is 17.9. The summed E-state index contributed by atoms with van der Waals surface area (Å²) in [7, 11) is 4.63. The third kappa shape index (κ3) is 14.8. The molecule has 1 fully saturated rings. The van der Waals surface area contributed by atoms with E-state index in [-0.39, 0.29) is 36.2 Å². The highest BCUT2D eigenvalue weighted by Crippen LogP contribution is 2.32. The second kappa shape index (κ2) is 23.6. The maximum atomic E-state index is 14.5. The number of ether oxygens (including phenoxy) is 2. The number of carboxylic acids is 1. The number of hydrogen-bond donors (Lipinski definition) is 5. The maximum Gasteiger partial charge on any atom is 0.331 e. The summed E-state index contributed by atoms with van der Waals surface area (Å²) in [6.45, 7) is 15.7. The number of nitrogens with one attached hydrogen (secondary N) is 1. The summed E-state index contributed by atoms with van der Waals surface area (Å²) in [5, 5.41) is 32.4. The molecule has 0 aliphatic carbocycles. The van der Waals surface area contributed by atoms with Crippen LogP contribution < -0.4 is 15.8 Å². The molecule has 1 aromatic rings. The number of aliphatic hydroxyl groups is 2. The number of hydrogen-bond acceptors (Lipinski definition) is 11. The van der Waals surface area contributed by atoms with Crippen molar-refractivity contribution in [1.82, 2.24) is 20.0 Å². The molecule has 1 aromatic carbocycles. The van der Waals surface area contributed by atoms with Crippen molar-refractivity contribution in [3.8, 4) is 5.75 Å². The second-order valence-corrected chi connectivity index (χ2v) is 17.9. The summed E-state index contributed by atoms with van der Waals surface area (Å²) in [6, 6.07) is 2.62. The fourth-order valence-electron chi connectivity index (χ4n) is 7.49. The first-order valence-electron chi connectivity index (χ1n) is 21.3. The van der Waals surface area contributed by atoms with Gasteiger partial charge in [0.25, 0.3) is 0 Å². The van der Waals surface area contributed by atoms with E-state index in [9.17, 15) is 39.0 Å². The minimum absolute atomic E-state index is 0.0434. The van der Waals surface area contributed by atoms with Crippen molar-refractivity contribution in [3.05, 3.63) is 41.5 Å². The lowest BCUT2D eigenvalue weighted by atomic mass is 9.81. The number of carbonyl (C=O) groups excluding carboxylic acids is 5. The van der Waals surface area contributed by atoms with E-state index in [1.54, 1.807) is 40.1 Å². The fourth-order valence-corrected chi connectivity index (χ4v) is 7.49. The molecule has 1 heterocycles. The lowest BCUT2D eigenvalue weighted by Crippen LogP contribution is -2.59. The van der Waals surface area contributed by atoms with Crippen molar-refractivity contribution in [2.45, 2.75) is 143 Å². The highest BCUT2D eigenvalue weighted by Gasteiger charge is 2.44. The molecule has 0 radical (unpaired) electrons. The molecular weight excluding hydrogens is 787 g/mol. The van der Waals surface area contributed by atoms with Gasteiger partial charge in [0.2, 0.25) is 23.6 Å². The summed E-state index contributed by atoms with van der Waals surface area (Å²) in [5.74, 6) is -4.27. The van der Waals surface area contributed by atoms with Gasteiger partial charge in [-0.2, -0.15) is 0 Å². The van der Waals surface area contributed by atoms with E-state index >= 15 is 0 Å². The monoisotopic (exact) mass is 860 g/mol.